The van der Waals surface area contributed by atoms with Crippen molar-refractivity contribution < 1.29 is 37.4 Å². The minimum Gasteiger partial charge on any atom is -0.465 e. The summed E-state index contributed by atoms with van der Waals surface area (Å²) in [5.74, 6) is -0.794. The summed E-state index contributed by atoms with van der Waals surface area (Å²) in [6.07, 6.45) is -3.93. The Kier molecular flexibility index (Phi) is 9.23. The third-order valence-corrected chi connectivity index (χ3v) is 7.72. The van der Waals surface area contributed by atoms with Gasteiger partial charge < -0.3 is 19.1 Å². The predicted octanol–water partition coefficient (Wildman–Crippen LogP) is 2.57. The second-order valence-electron chi connectivity index (χ2n) is 8.20. The van der Waals surface area contributed by atoms with Crippen LogP contribution in [0.15, 0.2) is 40.1 Å². The van der Waals surface area contributed by atoms with E-state index >= 15 is 4.39 Å². The molecule has 1 saturated heterocycles. The van der Waals surface area contributed by atoms with Gasteiger partial charge in [0.05, 0.1) is 23.3 Å². The minimum absolute atomic E-state index is 0.0396. The molecule has 12 nitrogen and oxygen atoms in total. The van der Waals surface area contributed by atoms with Gasteiger partial charge in [-0.1, -0.05) is 23.2 Å². The van der Waals surface area contributed by atoms with Crippen LogP contribution in [0.2, 0.25) is 10.0 Å². The standard InChI is InChI=1S/C21H25Cl2FN3O9P/c1-4-33-18(30)11(2)26-37(32,36-12-5-6-13(22)14(23)9-12)34-10-15-17(29)21(3,24)19(35-15)27-8-7-16(28)25-20(27)31/h5-9,11,15,17,19,29H,4,10H2,1-3H3,(H,26,32)(H,25,28,31)/t11-,15+,17+,19+,21+,37?/m0/s1. The van der Waals surface area contributed by atoms with Crippen molar-refractivity contribution in [1.29, 1.82) is 0 Å². The van der Waals surface area contributed by atoms with Gasteiger partial charge in [0, 0.05) is 18.3 Å². The predicted molar refractivity (Wildman–Crippen MR) is 131 cm³/mol. The van der Waals surface area contributed by atoms with E-state index in [0.717, 1.165) is 23.8 Å². The summed E-state index contributed by atoms with van der Waals surface area (Å²) in [6, 6.07) is 3.80. The monoisotopic (exact) mass is 583 g/mol. The number of carbonyl (C=O) groups is 1. The van der Waals surface area contributed by atoms with Crippen LogP contribution in [0.25, 0.3) is 0 Å². The van der Waals surface area contributed by atoms with Crippen LogP contribution in [0.3, 0.4) is 0 Å². The minimum atomic E-state index is -4.42. The van der Waals surface area contributed by atoms with E-state index in [0.29, 0.717) is 0 Å². The van der Waals surface area contributed by atoms with Gasteiger partial charge in [-0.25, -0.2) is 13.8 Å². The molecule has 1 aliphatic rings. The molecule has 0 bridgehead atoms. The van der Waals surface area contributed by atoms with Crippen molar-refractivity contribution in [2.45, 2.75) is 50.9 Å². The maximum atomic E-state index is 15.4. The molecule has 37 heavy (non-hydrogen) atoms. The second-order valence-corrected chi connectivity index (χ2v) is 10.7. The molecule has 3 N–H and O–H groups in total. The Labute approximate surface area is 220 Å². The van der Waals surface area contributed by atoms with E-state index in [-0.39, 0.29) is 22.4 Å². The van der Waals surface area contributed by atoms with Gasteiger partial charge in [0.25, 0.3) is 5.56 Å². The molecule has 1 fully saturated rings. The van der Waals surface area contributed by atoms with Crippen LogP contribution in [0.1, 0.15) is 27.0 Å². The Morgan fingerprint density at radius 2 is 2.05 bits per heavy atom. The van der Waals surface area contributed by atoms with E-state index in [1.54, 1.807) is 6.92 Å². The van der Waals surface area contributed by atoms with Crippen LogP contribution in [0.4, 0.5) is 4.39 Å². The second kappa shape index (κ2) is 11.6. The van der Waals surface area contributed by atoms with Gasteiger partial charge in [0.15, 0.2) is 11.9 Å². The van der Waals surface area contributed by atoms with Gasteiger partial charge in [-0.3, -0.25) is 23.7 Å². The topological polar surface area (TPSA) is 158 Å². The molecule has 0 radical (unpaired) electrons. The van der Waals surface area contributed by atoms with E-state index in [1.807, 2.05) is 4.98 Å². The molecule has 0 amide bonds. The molecular formula is C21H25Cl2FN3O9P. The smallest absolute Gasteiger partial charge is 0.459 e. The zero-order valence-corrected chi connectivity index (χ0v) is 22.3. The van der Waals surface area contributed by atoms with Crippen molar-refractivity contribution in [1.82, 2.24) is 14.6 Å². The fourth-order valence-electron chi connectivity index (χ4n) is 3.45. The number of alkyl halides is 1. The molecule has 16 heteroatoms. The van der Waals surface area contributed by atoms with Crippen molar-refractivity contribution in [3.63, 3.8) is 0 Å². The van der Waals surface area contributed by atoms with Gasteiger partial charge in [-0.2, -0.15) is 5.09 Å². The van der Waals surface area contributed by atoms with Crippen molar-refractivity contribution in [2.75, 3.05) is 13.2 Å². The number of hydrogen-bond donors (Lipinski definition) is 3. The van der Waals surface area contributed by atoms with Gasteiger partial charge in [-0.15, -0.1) is 0 Å². The third-order valence-electron chi connectivity index (χ3n) is 5.34. The zero-order valence-electron chi connectivity index (χ0n) is 19.9. The van der Waals surface area contributed by atoms with Gasteiger partial charge >= 0.3 is 19.4 Å². The third kappa shape index (κ3) is 6.80. The lowest BCUT2D eigenvalue weighted by Crippen LogP contribution is -2.43. The van der Waals surface area contributed by atoms with E-state index in [2.05, 4.69) is 5.09 Å². The van der Waals surface area contributed by atoms with Gasteiger partial charge in [-0.05, 0) is 32.9 Å². The number of ether oxygens (including phenoxy) is 2. The van der Waals surface area contributed by atoms with Crippen LogP contribution >= 0.6 is 30.9 Å². The molecule has 1 aromatic carbocycles. The number of hydrogen-bond acceptors (Lipinski definition) is 9. The molecule has 0 spiro atoms. The zero-order chi connectivity index (χ0) is 27.5. The van der Waals surface area contributed by atoms with Gasteiger partial charge in [0.2, 0.25) is 0 Å². The molecule has 3 rings (SSSR count). The summed E-state index contributed by atoms with van der Waals surface area (Å²) < 4.78 is 51.1. The van der Waals surface area contributed by atoms with Crippen LogP contribution < -0.4 is 20.9 Å². The van der Waals surface area contributed by atoms with Crippen LogP contribution in [-0.2, 0) is 23.4 Å². The maximum absolute atomic E-state index is 15.4. The SMILES string of the molecule is CCOC(=O)[C@H](C)NP(=O)(OC[C@H]1O[C@@H](n2ccc(=O)[nH]c2=O)[C@](C)(F)[C@@H]1O)Oc1ccc(Cl)c(Cl)c1. The lowest BCUT2D eigenvalue weighted by Gasteiger charge is -2.25. The normalized spacial score (nSPS) is 25.9. The Hall–Kier alpha value is -2.25. The van der Waals surface area contributed by atoms with Crippen molar-refractivity contribution in [2.24, 2.45) is 0 Å². The molecule has 1 unspecified atom stereocenters. The molecule has 2 aromatic rings. The van der Waals surface area contributed by atoms with Crippen molar-refractivity contribution in [3.05, 3.63) is 61.3 Å². The van der Waals surface area contributed by atoms with Crippen molar-refractivity contribution in [3.8, 4) is 5.75 Å². The first-order valence-corrected chi connectivity index (χ1v) is 13.2. The Morgan fingerprint density at radius 3 is 2.68 bits per heavy atom. The number of halogens is 3. The van der Waals surface area contributed by atoms with Crippen LogP contribution in [0, 0.1) is 0 Å². The average molecular weight is 584 g/mol. The van der Waals surface area contributed by atoms with E-state index in [9.17, 15) is 24.1 Å². The summed E-state index contributed by atoms with van der Waals surface area (Å²) in [5.41, 5.74) is -4.19. The fourth-order valence-corrected chi connectivity index (χ4v) is 5.24. The number of H-pyrrole nitrogens is 1. The number of aromatic amines is 1. The number of nitrogens with zero attached hydrogens (tertiary/aromatic N) is 1. The van der Waals surface area contributed by atoms with Crippen LogP contribution in [-0.4, -0.2) is 57.8 Å². The average Bonchev–Trinajstić information content (AvgIpc) is 3.04. The van der Waals surface area contributed by atoms with E-state index in [1.165, 1.54) is 25.1 Å². The summed E-state index contributed by atoms with van der Waals surface area (Å²) >= 11 is 11.9. The van der Waals surface area contributed by atoms with Gasteiger partial charge in [0.1, 0.15) is 24.0 Å². The summed E-state index contributed by atoms with van der Waals surface area (Å²) in [5, 5.41) is 13.3. The highest BCUT2D eigenvalue weighted by Crippen LogP contribution is 2.48. The fraction of sp³-hybridized carbons (Fsp3) is 0.476. The highest BCUT2D eigenvalue weighted by Gasteiger charge is 2.55. The molecule has 204 valence electrons. The molecule has 0 saturated carbocycles. The highest BCUT2D eigenvalue weighted by atomic mass is 35.5. The Balaban J connectivity index is 1.83. The summed E-state index contributed by atoms with van der Waals surface area (Å²) in [6.45, 7) is 3.30. The number of benzene rings is 1. The Morgan fingerprint density at radius 1 is 1.35 bits per heavy atom. The van der Waals surface area contributed by atoms with Crippen LogP contribution in [0.5, 0.6) is 5.75 Å². The number of aliphatic hydroxyl groups excluding tert-OH is 1. The molecule has 6 atom stereocenters. The molecular weight excluding hydrogens is 559 g/mol. The first-order valence-electron chi connectivity index (χ1n) is 10.9. The van der Waals surface area contributed by atoms with E-state index < -0.39 is 61.7 Å². The number of aliphatic hydroxyl groups is 1. The lowest BCUT2D eigenvalue weighted by molar-refractivity contribution is -0.144. The summed E-state index contributed by atoms with van der Waals surface area (Å²) in [7, 11) is -4.42. The molecule has 1 aromatic heterocycles. The number of rotatable bonds is 10. The number of carbonyl (C=O) groups excluding carboxylic acids is 1. The molecule has 0 aliphatic carbocycles. The number of esters is 1. The number of nitrogens with one attached hydrogen (secondary N) is 2. The quantitative estimate of drug-likeness (QED) is 0.280. The Bertz CT molecular complexity index is 1300. The maximum Gasteiger partial charge on any atom is 0.459 e. The van der Waals surface area contributed by atoms with E-state index in [4.69, 9.17) is 41.7 Å². The first-order chi connectivity index (χ1) is 17.3. The lowest BCUT2D eigenvalue weighted by atomic mass is 9.98. The first kappa shape index (κ1) is 29.3. The largest absolute Gasteiger partial charge is 0.465 e. The summed E-state index contributed by atoms with van der Waals surface area (Å²) in [4.78, 5) is 37.6. The number of aromatic nitrogens is 2. The van der Waals surface area contributed by atoms with Crippen molar-refractivity contribution >= 4 is 36.9 Å². The highest BCUT2D eigenvalue weighted by molar-refractivity contribution is 7.52. The molecule has 1 aliphatic heterocycles. The molecule has 2 heterocycles.